The minimum absolute atomic E-state index is 0.164. The van der Waals surface area contributed by atoms with Crippen molar-refractivity contribution in [1.29, 1.82) is 0 Å². The maximum Gasteiger partial charge on any atom is 0.226 e. The highest BCUT2D eigenvalue weighted by Crippen LogP contribution is 2.26. The largest absolute Gasteiger partial charge is 0.496 e. The summed E-state index contributed by atoms with van der Waals surface area (Å²) in [4.78, 5) is 34.9. The molecule has 1 aliphatic heterocycles. The van der Waals surface area contributed by atoms with Gasteiger partial charge >= 0.3 is 0 Å². The van der Waals surface area contributed by atoms with Gasteiger partial charge in [-0.25, -0.2) is 0 Å². The van der Waals surface area contributed by atoms with Crippen molar-refractivity contribution in [2.24, 2.45) is 5.92 Å². The first-order valence-corrected chi connectivity index (χ1v) is 7.65. The van der Waals surface area contributed by atoms with Crippen LogP contribution in [0.25, 0.3) is 0 Å². The lowest BCUT2D eigenvalue weighted by Crippen LogP contribution is -2.40. The third-order valence-corrected chi connectivity index (χ3v) is 3.93. The zero-order chi connectivity index (χ0) is 17.0. The summed E-state index contributed by atoms with van der Waals surface area (Å²) in [5.41, 5.74) is 1.98. The van der Waals surface area contributed by atoms with Crippen LogP contribution in [0.15, 0.2) is 18.2 Å². The van der Waals surface area contributed by atoms with Crippen molar-refractivity contribution >= 4 is 17.7 Å². The molecule has 0 bridgehead atoms. The average Bonchev–Trinajstić information content (AvgIpc) is 2.45. The molecule has 6 heteroatoms. The summed E-state index contributed by atoms with van der Waals surface area (Å²) >= 11 is 0. The Balaban J connectivity index is 1.98. The number of carbonyl (C=O) groups excluding carboxylic acids is 3. The molecule has 2 rings (SSSR count). The van der Waals surface area contributed by atoms with Crippen molar-refractivity contribution in [2.75, 3.05) is 7.11 Å². The second-order valence-corrected chi connectivity index (χ2v) is 5.98. The Hall–Kier alpha value is -2.37. The number of hydrogen-bond donors (Lipinski definition) is 2. The van der Waals surface area contributed by atoms with Crippen LogP contribution in [0.3, 0.4) is 0 Å². The van der Waals surface area contributed by atoms with Gasteiger partial charge in [0, 0.05) is 24.8 Å². The van der Waals surface area contributed by atoms with Gasteiger partial charge in [0.05, 0.1) is 13.2 Å². The first kappa shape index (κ1) is 17.0. The highest BCUT2D eigenvalue weighted by Gasteiger charge is 2.27. The molecule has 1 aromatic carbocycles. The van der Waals surface area contributed by atoms with Crippen molar-refractivity contribution < 1.29 is 19.1 Å². The molecule has 1 fully saturated rings. The van der Waals surface area contributed by atoms with Gasteiger partial charge in [-0.1, -0.05) is 17.7 Å². The van der Waals surface area contributed by atoms with Gasteiger partial charge in [-0.05, 0) is 25.8 Å². The molecule has 0 aromatic heterocycles. The number of amides is 3. The Morgan fingerprint density at radius 1 is 1.35 bits per heavy atom. The molecular formula is C17H22N2O4. The van der Waals surface area contributed by atoms with E-state index in [2.05, 4.69) is 10.6 Å². The Bertz CT molecular complexity index is 611. The third-order valence-electron chi connectivity index (χ3n) is 3.93. The predicted octanol–water partition coefficient (Wildman–Crippen LogP) is 1.62. The number of carbonyl (C=O) groups is 3. The molecular weight excluding hydrogens is 296 g/mol. The van der Waals surface area contributed by atoms with Crippen LogP contribution in [-0.4, -0.2) is 24.8 Å². The summed E-state index contributed by atoms with van der Waals surface area (Å²) in [6.07, 6.45) is 0.584. The first-order valence-electron chi connectivity index (χ1n) is 7.65. The molecule has 1 aliphatic rings. The number of imide groups is 1. The van der Waals surface area contributed by atoms with E-state index in [-0.39, 0.29) is 48.9 Å². The molecule has 2 N–H and O–H groups in total. The second-order valence-electron chi connectivity index (χ2n) is 5.98. The molecule has 3 amide bonds. The van der Waals surface area contributed by atoms with Gasteiger partial charge in [-0.3, -0.25) is 19.7 Å². The number of rotatable bonds is 5. The Labute approximate surface area is 135 Å². The molecule has 1 saturated heterocycles. The summed E-state index contributed by atoms with van der Waals surface area (Å²) < 4.78 is 5.33. The SMILES string of the molecule is COc1ccc(C)cc1[C@@H](C)NC(=O)CC1CC(=O)NC(=O)C1. The van der Waals surface area contributed by atoms with Gasteiger partial charge < -0.3 is 10.1 Å². The van der Waals surface area contributed by atoms with Crippen molar-refractivity contribution in [2.45, 2.75) is 39.2 Å². The van der Waals surface area contributed by atoms with E-state index in [0.717, 1.165) is 16.9 Å². The van der Waals surface area contributed by atoms with Crippen LogP contribution in [0.5, 0.6) is 5.75 Å². The van der Waals surface area contributed by atoms with Crippen molar-refractivity contribution in [1.82, 2.24) is 10.6 Å². The van der Waals surface area contributed by atoms with Crippen LogP contribution in [0.1, 0.15) is 43.4 Å². The second kappa shape index (κ2) is 7.26. The van der Waals surface area contributed by atoms with E-state index in [1.165, 1.54) is 0 Å². The fourth-order valence-electron chi connectivity index (χ4n) is 2.83. The monoisotopic (exact) mass is 318 g/mol. The number of benzene rings is 1. The van der Waals surface area contributed by atoms with Crippen molar-refractivity contribution in [3.63, 3.8) is 0 Å². The average molecular weight is 318 g/mol. The van der Waals surface area contributed by atoms with E-state index in [1.54, 1.807) is 7.11 Å². The lowest BCUT2D eigenvalue weighted by Gasteiger charge is -2.22. The summed E-state index contributed by atoms with van der Waals surface area (Å²) in [6.45, 7) is 3.86. The minimum atomic E-state index is -0.313. The van der Waals surface area contributed by atoms with Gasteiger partial charge in [0.15, 0.2) is 0 Å². The van der Waals surface area contributed by atoms with Gasteiger partial charge in [-0.15, -0.1) is 0 Å². The first-order chi connectivity index (χ1) is 10.9. The molecule has 0 aliphatic carbocycles. The molecule has 1 atom stereocenters. The summed E-state index contributed by atoms with van der Waals surface area (Å²) in [5, 5.41) is 5.16. The smallest absolute Gasteiger partial charge is 0.226 e. The van der Waals surface area contributed by atoms with E-state index in [9.17, 15) is 14.4 Å². The number of nitrogens with one attached hydrogen (secondary N) is 2. The van der Waals surface area contributed by atoms with Crippen molar-refractivity contribution in [3.8, 4) is 5.75 Å². The van der Waals surface area contributed by atoms with Gasteiger partial charge in [0.1, 0.15) is 5.75 Å². The maximum absolute atomic E-state index is 12.2. The van der Waals surface area contributed by atoms with Gasteiger partial charge in [0.25, 0.3) is 0 Å². The van der Waals surface area contributed by atoms with Crippen LogP contribution < -0.4 is 15.4 Å². The third kappa shape index (κ3) is 4.55. The maximum atomic E-state index is 12.2. The summed E-state index contributed by atoms with van der Waals surface area (Å²) in [5.74, 6) is -0.313. The molecule has 1 aromatic rings. The zero-order valence-corrected chi connectivity index (χ0v) is 13.6. The number of hydrogen-bond acceptors (Lipinski definition) is 4. The molecule has 23 heavy (non-hydrogen) atoms. The zero-order valence-electron chi connectivity index (χ0n) is 13.6. The molecule has 0 saturated carbocycles. The predicted molar refractivity (Wildman–Crippen MR) is 84.8 cm³/mol. The Kier molecular flexibility index (Phi) is 5.36. The van der Waals surface area contributed by atoms with Gasteiger partial charge in [-0.2, -0.15) is 0 Å². The normalized spacial score (nSPS) is 16.7. The molecule has 1 heterocycles. The topological polar surface area (TPSA) is 84.5 Å². The lowest BCUT2D eigenvalue weighted by molar-refractivity contribution is -0.135. The summed E-state index contributed by atoms with van der Waals surface area (Å²) in [6, 6.07) is 5.58. The van der Waals surface area contributed by atoms with Crippen LogP contribution in [0.4, 0.5) is 0 Å². The number of methoxy groups -OCH3 is 1. The Morgan fingerprint density at radius 3 is 2.61 bits per heavy atom. The number of aryl methyl sites for hydroxylation is 1. The molecule has 0 unspecified atom stereocenters. The van der Waals surface area contributed by atoms with Gasteiger partial charge in [0.2, 0.25) is 17.7 Å². The molecule has 0 spiro atoms. The van der Waals surface area contributed by atoms with E-state index in [0.29, 0.717) is 0 Å². The van der Waals surface area contributed by atoms with Crippen LogP contribution in [0.2, 0.25) is 0 Å². The highest BCUT2D eigenvalue weighted by molar-refractivity contribution is 5.98. The van der Waals surface area contributed by atoms with Crippen LogP contribution >= 0.6 is 0 Å². The van der Waals surface area contributed by atoms with E-state index in [1.807, 2.05) is 32.0 Å². The van der Waals surface area contributed by atoms with E-state index >= 15 is 0 Å². The van der Waals surface area contributed by atoms with Crippen LogP contribution in [0, 0.1) is 12.8 Å². The fourth-order valence-corrected chi connectivity index (χ4v) is 2.83. The molecule has 124 valence electrons. The fraction of sp³-hybridized carbons (Fsp3) is 0.471. The standard InChI is InChI=1S/C17H22N2O4/c1-10-4-5-14(23-3)13(6-10)11(2)18-15(20)7-12-8-16(21)19-17(22)9-12/h4-6,11-12H,7-9H2,1-3H3,(H,18,20)(H,19,21,22)/t11-/m1/s1. The summed E-state index contributed by atoms with van der Waals surface area (Å²) in [7, 11) is 1.59. The molecule has 6 nitrogen and oxygen atoms in total. The highest BCUT2D eigenvalue weighted by atomic mass is 16.5. The quantitative estimate of drug-likeness (QED) is 0.808. The van der Waals surface area contributed by atoms with E-state index in [4.69, 9.17) is 4.74 Å². The van der Waals surface area contributed by atoms with Crippen LogP contribution in [-0.2, 0) is 14.4 Å². The molecule has 0 radical (unpaired) electrons. The van der Waals surface area contributed by atoms with E-state index < -0.39 is 0 Å². The number of ether oxygens (including phenoxy) is 1. The lowest BCUT2D eigenvalue weighted by atomic mass is 9.93. The minimum Gasteiger partial charge on any atom is -0.496 e. The van der Waals surface area contributed by atoms with Crippen molar-refractivity contribution in [3.05, 3.63) is 29.3 Å². The Morgan fingerprint density at radius 2 is 2.00 bits per heavy atom. The number of piperidine rings is 1.